The molecule has 3 nitrogen and oxygen atoms in total. The Morgan fingerprint density at radius 2 is 2.00 bits per heavy atom. The molecular weight excluding hydrogens is 200 g/mol. The number of ketones is 1. The maximum Gasteiger partial charge on any atom is 0.131 e. The highest BCUT2D eigenvalue weighted by molar-refractivity contribution is 5.76. The van der Waals surface area contributed by atoms with Gasteiger partial charge in [-0.25, -0.2) is 0 Å². The minimum absolute atomic E-state index is 0.253. The zero-order valence-electron chi connectivity index (χ0n) is 9.72. The molecule has 1 aromatic rings. The van der Waals surface area contributed by atoms with Crippen LogP contribution in [0.2, 0.25) is 0 Å². The van der Waals surface area contributed by atoms with Gasteiger partial charge in [0.15, 0.2) is 0 Å². The van der Waals surface area contributed by atoms with Gasteiger partial charge in [0, 0.05) is 24.9 Å². The highest BCUT2D eigenvalue weighted by atomic mass is 16.1. The fraction of sp³-hybridized carbons (Fsp3) is 0.538. The molecule has 86 valence electrons. The van der Waals surface area contributed by atoms with Crippen LogP contribution >= 0.6 is 0 Å². The summed E-state index contributed by atoms with van der Waals surface area (Å²) in [5, 5.41) is 0. The van der Waals surface area contributed by atoms with Crippen molar-refractivity contribution in [1.29, 1.82) is 0 Å². The second kappa shape index (κ2) is 5.21. The number of nitrogens with zero attached hydrogens (tertiary/aromatic N) is 2. The summed E-state index contributed by atoms with van der Waals surface area (Å²) in [6, 6.07) is 4.29. The van der Waals surface area contributed by atoms with E-state index in [0.717, 1.165) is 13.1 Å². The molecule has 1 saturated heterocycles. The minimum Gasteiger partial charge on any atom is -0.300 e. The van der Waals surface area contributed by atoms with Gasteiger partial charge in [0.2, 0.25) is 0 Å². The molecule has 1 aromatic heterocycles. The maximum absolute atomic E-state index is 11.3. The number of hydrogen-bond donors (Lipinski definition) is 0. The van der Waals surface area contributed by atoms with E-state index in [1.165, 1.54) is 18.4 Å². The maximum atomic E-state index is 11.3. The van der Waals surface area contributed by atoms with E-state index in [4.69, 9.17) is 0 Å². The van der Waals surface area contributed by atoms with Crippen molar-refractivity contribution in [1.82, 2.24) is 9.88 Å². The molecule has 0 aliphatic carbocycles. The average molecular weight is 218 g/mol. The molecular formula is C13H18N2O. The van der Waals surface area contributed by atoms with Gasteiger partial charge in [-0.15, -0.1) is 0 Å². The van der Waals surface area contributed by atoms with Crippen LogP contribution in [-0.4, -0.2) is 28.8 Å². The van der Waals surface area contributed by atoms with Gasteiger partial charge in [-0.3, -0.25) is 14.7 Å². The Labute approximate surface area is 96.5 Å². The molecule has 0 bridgehead atoms. The summed E-state index contributed by atoms with van der Waals surface area (Å²) >= 11 is 0. The van der Waals surface area contributed by atoms with Crippen LogP contribution in [0.1, 0.15) is 37.8 Å². The van der Waals surface area contributed by atoms with Crippen LogP contribution in [0.3, 0.4) is 0 Å². The van der Waals surface area contributed by atoms with Gasteiger partial charge < -0.3 is 0 Å². The summed E-state index contributed by atoms with van der Waals surface area (Å²) in [4.78, 5) is 17.8. The third-order valence-corrected chi connectivity index (χ3v) is 3.15. The molecule has 0 aromatic carbocycles. The second-order valence-corrected chi connectivity index (χ2v) is 4.45. The number of rotatable bonds is 4. The van der Waals surface area contributed by atoms with E-state index in [0.29, 0.717) is 6.42 Å². The molecule has 0 spiro atoms. The van der Waals surface area contributed by atoms with Crippen molar-refractivity contribution >= 4 is 5.78 Å². The first-order valence-electron chi connectivity index (χ1n) is 5.91. The van der Waals surface area contributed by atoms with Gasteiger partial charge in [0.1, 0.15) is 5.78 Å². The number of carbonyl (C=O) groups is 1. The zero-order chi connectivity index (χ0) is 11.4. The Bertz CT molecular complexity index is 344. The molecule has 2 rings (SSSR count). The number of pyridine rings is 1. The Balaban J connectivity index is 2.16. The van der Waals surface area contributed by atoms with Gasteiger partial charge in [-0.1, -0.05) is 0 Å². The Morgan fingerprint density at radius 1 is 1.38 bits per heavy atom. The molecule has 0 amide bonds. The van der Waals surface area contributed by atoms with Gasteiger partial charge in [0.05, 0.1) is 0 Å². The Morgan fingerprint density at radius 3 is 2.56 bits per heavy atom. The largest absolute Gasteiger partial charge is 0.300 e. The highest BCUT2D eigenvalue weighted by Gasteiger charge is 2.24. The topological polar surface area (TPSA) is 33.2 Å². The molecule has 1 aliphatic rings. The van der Waals surface area contributed by atoms with Crippen molar-refractivity contribution < 1.29 is 4.79 Å². The third kappa shape index (κ3) is 2.67. The van der Waals surface area contributed by atoms with Crippen LogP contribution in [0.25, 0.3) is 0 Å². The molecule has 1 unspecified atom stereocenters. The molecule has 0 N–H and O–H groups in total. The van der Waals surface area contributed by atoms with Crippen molar-refractivity contribution in [2.24, 2.45) is 0 Å². The quantitative estimate of drug-likeness (QED) is 0.776. The number of aromatic nitrogens is 1. The summed E-state index contributed by atoms with van der Waals surface area (Å²) in [5.41, 5.74) is 1.21. The lowest BCUT2D eigenvalue weighted by atomic mass is 10.0. The fourth-order valence-corrected chi connectivity index (χ4v) is 2.37. The summed E-state index contributed by atoms with van der Waals surface area (Å²) in [6.45, 7) is 3.89. The lowest BCUT2D eigenvalue weighted by Gasteiger charge is -2.26. The summed E-state index contributed by atoms with van der Waals surface area (Å²) in [5.74, 6) is 0.258. The Kier molecular flexibility index (Phi) is 3.67. The first kappa shape index (κ1) is 11.3. The molecule has 1 aliphatic heterocycles. The standard InChI is InChI=1S/C13H18N2O/c1-11(16)10-13(15-8-2-3-9-15)12-4-6-14-7-5-12/h4-7,13H,2-3,8-10H2,1H3. The Hall–Kier alpha value is -1.22. The van der Waals surface area contributed by atoms with E-state index in [1.807, 2.05) is 12.1 Å². The van der Waals surface area contributed by atoms with Crippen LogP contribution in [0.15, 0.2) is 24.5 Å². The predicted molar refractivity (Wildman–Crippen MR) is 63.1 cm³/mol. The van der Waals surface area contributed by atoms with Gasteiger partial charge in [-0.2, -0.15) is 0 Å². The summed E-state index contributed by atoms with van der Waals surface area (Å²) < 4.78 is 0. The van der Waals surface area contributed by atoms with Crippen LogP contribution < -0.4 is 0 Å². The average Bonchev–Trinajstić information content (AvgIpc) is 2.80. The molecule has 2 heterocycles. The number of Topliss-reactive ketones (excluding diaryl/α,β-unsaturated/α-hetero) is 1. The van der Waals surface area contributed by atoms with E-state index in [2.05, 4.69) is 9.88 Å². The smallest absolute Gasteiger partial charge is 0.131 e. The van der Waals surface area contributed by atoms with Crippen molar-refractivity contribution in [2.75, 3.05) is 13.1 Å². The van der Waals surface area contributed by atoms with Crippen LogP contribution in [-0.2, 0) is 4.79 Å². The van der Waals surface area contributed by atoms with Gasteiger partial charge in [0.25, 0.3) is 0 Å². The van der Waals surface area contributed by atoms with Crippen molar-refractivity contribution in [2.45, 2.75) is 32.2 Å². The molecule has 1 fully saturated rings. The molecule has 0 radical (unpaired) electrons. The normalized spacial score (nSPS) is 18.6. The molecule has 16 heavy (non-hydrogen) atoms. The first-order valence-corrected chi connectivity index (χ1v) is 5.91. The van der Waals surface area contributed by atoms with Gasteiger partial charge >= 0.3 is 0 Å². The lowest BCUT2D eigenvalue weighted by molar-refractivity contribution is -0.118. The van der Waals surface area contributed by atoms with E-state index >= 15 is 0 Å². The highest BCUT2D eigenvalue weighted by Crippen LogP contribution is 2.27. The van der Waals surface area contributed by atoms with Crippen molar-refractivity contribution in [3.8, 4) is 0 Å². The number of carbonyl (C=O) groups excluding carboxylic acids is 1. The van der Waals surface area contributed by atoms with Crippen LogP contribution in [0.4, 0.5) is 0 Å². The van der Waals surface area contributed by atoms with E-state index < -0.39 is 0 Å². The molecule has 0 saturated carbocycles. The monoisotopic (exact) mass is 218 g/mol. The lowest BCUT2D eigenvalue weighted by Crippen LogP contribution is -2.27. The van der Waals surface area contributed by atoms with E-state index in [1.54, 1.807) is 19.3 Å². The fourth-order valence-electron chi connectivity index (χ4n) is 2.37. The van der Waals surface area contributed by atoms with Gasteiger partial charge in [-0.05, 0) is 50.6 Å². The molecule has 1 atom stereocenters. The van der Waals surface area contributed by atoms with E-state index in [-0.39, 0.29) is 11.8 Å². The van der Waals surface area contributed by atoms with Crippen molar-refractivity contribution in [3.05, 3.63) is 30.1 Å². The molecule has 3 heteroatoms. The third-order valence-electron chi connectivity index (χ3n) is 3.15. The second-order valence-electron chi connectivity index (χ2n) is 4.45. The first-order chi connectivity index (χ1) is 7.77. The van der Waals surface area contributed by atoms with Crippen LogP contribution in [0.5, 0.6) is 0 Å². The van der Waals surface area contributed by atoms with Crippen LogP contribution in [0, 0.1) is 0 Å². The predicted octanol–water partition coefficient (Wildman–Crippen LogP) is 2.20. The minimum atomic E-state index is 0.253. The number of hydrogen-bond acceptors (Lipinski definition) is 3. The number of likely N-dealkylation sites (tertiary alicyclic amines) is 1. The van der Waals surface area contributed by atoms with E-state index in [9.17, 15) is 4.79 Å². The SMILES string of the molecule is CC(=O)CC(c1ccncc1)N1CCCC1. The summed E-state index contributed by atoms with van der Waals surface area (Å²) in [7, 11) is 0. The zero-order valence-corrected chi connectivity index (χ0v) is 9.72. The summed E-state index contributed by atoms with van der Waals surface area (Å²) in [6.07, 6.45) is 6.72. The van der Waals surface area contributed by atoms with Crippen molar-refractivity contribution in [3.63, 3.8) is 0 Å².